The number of hydrogen-bond acceptors (Lipinski definition) is 4. The fraction of sp³-hybridized carbons (Fsp3) is 0.125. The Morgan fingerprint density at radius 1 is 1.53 bits per heavy atom. The number of nitrogens with one attached hydrogen (secondary N) is 1. The lowest BCUT2D eigenvalue weighted by atomic mass is 10.6. The van der Waals surface area contributed by atoms with Crippen molar-refractivity contribution in [3.8, 4) is 0 Å². The lowest BCUT2D eigenvalue weighted by molar-refractivity contribution is -0.116. The maximum atomic E-state index is 11.5. The van der Waals surface area contributed by atoms with Crippen molar-refractivity contribution in [3.63, 3.8) is 0 Å². The minimum Gasteiger partial charge on any atom is -0.312 e. The van der Waals surface area contributed by atoms with Gasteiger partial charge in [0.15, 0.2) is 5.13 Å². The molecule has 0 aliphatic carbocycles. The number of thiazole rings is 1. The predicted molar refractivity (Wildman–Crippen MR) is 58.0 cm³/mol. The molecule has 15 heavy (non-hydrogen) atoms. The van der Waals surface area contributed by atoms with Crippen LogP contribution in [0.2, 0.25) is 5.28 Å². The standard InChI is InChI=1S/C8H7ClN4OS/c9-7-10-1-3-13(7)5-6(14)12-8-11-2-4-15-8/h1-4H,5H2,(H,11,12,14). The first-order valence-electron chi connectivity index (χ1n) is 4.11. The molecule has 78 valence electrons. The van der Waals surface area contributed by atoms with Crippen LogP contribution in [0.4, 0.5) is 5.13 Å². The summed E-state index contributed by atoms with van der Waals surface area (Å²) >= 11 is 7.09. The largest absolute Gasteiger partial charge is 0.312 e. The molecule has 2 rings (SSSR count). The molecule has 5 nitrogen and oxygen atoms in total. The molecule has 0 unspecified atom stereocenters. The van der Waals surface area contributed by atoms with E-state index in [1.54, 1.807) is 28.5 Å². The molecular formula is C8H7ClN4OS. The minimum atomic E-state index is -0.176. The van der Waals surface area contributed by atoms with E-state index in [4.69, 9.17) is 11.6 Å². The van der Waals surface area contributed by atoms with Gasteiger partial charge in [0.1, 0.15) is 6.54 Å². The molecule has 7 heteroatoms. The van der Waals surface area contributed by atoms with E-state index in [-0.39, 0.29) is 12.5 Å². The van der Waals surface area contributed by atoms with Crippen LogP contribution in [-0.4, -0.2) is 20.4 Å². The van der Waals surface area contributed by atoms with E-state index >= 15 is 0 Å². The van der Waals surface area contributed by atoms with E-state index in [9.17, 15) is 4.79 Å². The van der Waals surface area contributed by atoms with E-state index in [2.05, 4.69) is 15.3 Å². The third kappa shape index (κ3) is 2.54. The number of nitrogens with zero attached hydrogens (tertiary/aromatic N) is 3. The maximum Gasteiger partial charge on any atom is 0.246 e. The number of imidazole rings is 1. The molecule has 1 amide bonds. The molecule has 0 fully saturated rings. The van der Waals surface area contributed by atoms with E-state index < -0.39 is 0 Å². The Hall–Kier alpha value is -1.40. The monoisotopic (exact) mass is 242 g/mol. The fourth-order valence-electron chi connectivity index (χ4n) is 1.03. The number of carbonyl (C=O) groups excluding carboxylic acids is 1. The summed E-state index contributed by atoms with van der Waals surface area (Å²) in [7, 11) is 0. The number of aromatic nitrogens is 3. The van der Waals surface area contributed by atoms with Crippen LogP contribution in [0, 0.1) is 0 Å². The number of rotatable bonds is 3. The highest BCUT2D eigenvalue weighted by Crippen LogP contribution is 2.11. The van der Waals surface area contributed by atoms with Gasteiger partial charge >= 0.3 is 0 Å². The van der Waals surface area contributed by atoms with E-state index in [1.165, 1.54) is 11.3 Å². The molecule has 2 aromatic rings. The number of carbonyl (C=O) groups is 1. The second-order valence-electron chi connectivity index (χ2n) is 2.71. The van der Waals surface area contributed by atoms with Gasteiger partial charge in [0.05, 0.1) is 0 Å². The summed E-state index contributed by atoms with van der Waals surface area (Å²) in [6.07, 6.45) is 4.81. The molecule has 0 aliphatic rings. The normalized spacial score (nSPS) is 10.2. The number of amides is 1. The van der Waals surface area contributed by atoms with Gasteiger partial charge in [0.2, 0.25) is 11.2 Å². The molecular weight excluding hydrogens is 236 g/mol. The van der Waals surface area contributed by atoms with E-state index in [0.717, 1.165) is 0 Å². The molecule has 0 bridgehead atoms. The van der Waals surface area contributed by atoms with Crippen molar-refractivity contribution in [2.75, 3.05) is 5.32 Å². The number of anilines is 1. The van der Waals surface area contributed by atoms with Crippen LogP contribution in [0.1, 0.15) is 0 Å². The van der Waals surface area contributed by atoms with Crippen LogP contribution >= 0.6 is 22.9 Å². The number of halogens is 1. The predicted octanol–water partition coefficient (Wildman–Crippen LogP) is 1.63. The Kier molecular flexibility index (Phi) is 2.98. The zero-order valence-corrected chi connectivity index (χ0v) is 9.13. The molecule has 0 saturated heterocycles. The summed E-state index contributed by atoms with van der Waals surface area (Å²) in [6, 6.07) is 0. The summed E-state index contributed by atoms with van der Waals surface area (Å²) in [4.78, 5) is 19.2. The summed E-state index contributed by atoms with van der Waals surface area (Å²) in [5, 5.41) is 5.32. The Labute approximate surface area is 94.7 Å². The molecule has 0 aliphatic heterocycles. The lowest BCUT2D eigenvalue weighted by Gasteiger charge is -2.02. The minimum absolute atomic E-state index is 0.137. The van der Waals surface area contributed by atoms with Crippen molar-refractivity contribution in [2.45, 2.75) is 6.54 Å². The summed E-state index contributed by atoms with van der Waals surface area (Å²) in [5.74, 6) is -0.176. The molecule has 0 radical (unpaired) electrons. The topological polar surface area (TPSA) is 59.8 Å². The van der Waals surface area contributed by atoms with Gasteiger partial charge < -0.3 is 9.88 Å². The van der Waals surface area contributed by atoms with Crippen molar-refractivity contribution in [2.24, 2.45) is 0 Å². The van der Waals surface area contributed by atoms with Gasteiger partial charge in [-0.1, -0.05) is 0 Å². The second kappa shape index (κ2) is 4.41. The zero-order valence-electron chi connectivity index (χ0n) is 7.55. The average molecular weight is 243 g/mol. The maximum absolute atomic E-state index is 11.5. The highest BCUT2D eigenvalue weighted by atomic mass is 35.5. The van der Waals surface area contributed by atoms with Gasteiger partial charge in [-0.15, -0.1) is 11.3 Å². The molecule has 2 heterocycles. The van der Waals surface area contributed by atoms with Gasteiger partial charge in [-0.3, -0.25) is 4.79 Å². The smallest absolute Gasteiger partial charge is 0.246 e. The highest BCUT2D eigenvalue weighted by molar-refractivity contribution is 7.13. The Morgan fingerprint density at radius 3 is 3.00 bits per heavy atom. The van der Waals surface area contributed by atoms with Gasteiger partial charge in [0.25, 0.3) is 0 Å². The average Bonchev–Trinajstić information content (AvgIpc) is 2.79. The summed E-state index contributed by atoms with van der Waals surface area (Å²) in [5.41, 5.74) is 0. The molecule has 2 aromatic heterocycles. The summed E-state index contributed by atoms with van der Waals surface area (Å²) in [6.45, 7) is 0.137. The third-order valence-corrected chi connectivity index (χ3v) is 2.66. The van der Waals surface area contributed by atoms with Crippen LogP contribution in [0.3, 0.4) is 0 Å². The second-order valence-corrected chi connectivity index (χ2v) is 3.94. The van der Waals surface area contributed by atoms with Gasteiger partial charge in [-0.2, -0.15) is 0 Å². The van der Waals surface area contributed by atoms with E-state index in [0.29, 0.717) is 10.4 Å². The van der Waals surface area contributed by atoms with Crippen LogP contribution in [-0.2, 0) is 11.3 Å². The third-order valence-electron chi connectivity index (χ3n) is 1.66. The first kappa shape index (κ1) is 10.1. The van der Waals surface area contributed by atoms with Crippen molar-refractivity contribution < 1.29 is 4.79 Å². The quantitative estimate of drug-likeness (QED) is 0.890. The van der Waals surface area contributed by atoms with Crippen molar-refractivity contribution in [1.82, 2.24) is 14.5 Å². The first-order chi connectivity index (χ1) is 7.25. The van der Waals surface area contributed by atoms with Crippen molar-refractivity contribution >= 4 is 34.0 Å². The van der Waals surface area contributed by atoms with Crippen LogP contribution in [0.15, 0.2) is 24.0 Å². The van der Waals surface area contributed by atoms with Crippen molar-refractivity contribution in [3.05, 3.63) is 29.3 Å². The fourth-order valence-corrected chi connectivity index (χ4v) is 1.75. The van der Waals surface area contributed by atoms with Crippen LogP contribution in [0.5, 0.6) is 0 Å². The lowest BCUT2D eigenvalue weighted by Crippen LogP contribution is -2.18. The van der Waals surface area contributed by atoms with E-state index in [1.807, 2.05) is 0 Å². The van der Waals surface area contributed by atoms with Crippen LogP contribution < -0.4 is 5.32 Å². The van der Waals surface area contributed by atoms with Gasteiger partial charge in [-0.05, 0) is 11.6 Å². The molecule has 0 saturated carbocycles. The molecule has 1 N–H and O–H groups in total. The molecule has 0 atom stereocenters. The highest BCUT2D eigenvalue weighted by Gasteiger charge is 2.07. The van der Waals surface area contributed by atoms with Crippen molar-refractivity contribution in [1.29, 1.82) is 0 Å². The van der Waals surface area contributed by atoms with Gasteiger partial charge in [-0.25, -0.2) is 9.97 Å². The Bertz CT molecular complexity index is 453. The zero-order chi connectivity index (χ0) is 10.7. The number of hydrogen-bond donors (Lipinski definition) is 1. The van der Waals surface area contributed by atoms with Crippen LogP contribution in [0.25, 0.3) is 0 Å². The Balaban J connectivity index is 1.96. The van der Waals surface area contributed by atoms with Gasteiger partial charge in [0, 0.05) is 24.0 Å². The first-order valence-corrected chi connectivity index (χ1v) is 5.37. The molecule has 0 spiro atoms. The summed E-state index contributed by atoms with van der Waals surface area (Å²) < 4.78 is 1.55. The Morgan fingerprint density at radius 2 is 2.40 bits per heavy atom. The SMILES string of the molecule is O=C(Cn1ccnc1Cl)Nc1nccs1. The molecule has 0 aromatic carbocycles.